The first kappa shape index (κ1) is 13.9. The number of ether oxygens (including phenoxy) is 1. The molecule has 0 radical (unpaired) electrons. The van der Waals surface area contributed by atoms with Gasteiger partial charge in [-0.3, -0.25) is 0 Å². The highest BCUT2D eigenvalue weighted by molar-refractivity contribution is 6.28. The largest absolute Gasteiger partial charge is 0.460 e. The Kier molecular flexibility index (Phi) is 4.24. The van der Waals surface area contributed by atoms with Gasteiger partial charge in [-0.1, -0.05) is 13.3 Å². The minimum absolute atomic E-state index is 0.212. The number of hydrogen-bond acceptors (Lipinski definition) is 5. The minimum atomic E-state index is 0.212. The van der Waals surface area contributed by atoms with Crippen molar-refractivity contribution < 1.29 is 4.74 Å². The van der Waals surface area contributed by atoms with Gasteiger partial charge >= 0.3 is 6.01 Å². The number of aromatic nitrogens is 3. The topological polar surface area (TPSA) is 51.1 Å². The molecule has 2 aliphatic rings. The van der Waals surface area contributed by atoms with E-state index in [1.807, 2.05) is 0 Å². The number of rotatable bonds is 3. The Labute approximate surface area is 124 Å². The molecule has 6 heteroatoms. The molecule has 0 aromatic carbocycles. The van der Waals surface area contributed by atoms with E-state index in [0.717, 1.165) is 25.9 Å². The van der Waals surface area contributed by atoms with Crippen LogP contribution in [0.5, 0.6) is 6.01 Å². The molecule has 1 aromatic rings. The lowest BCUT2D eigenvalue weighted by Gasteiger charge is -2.26. The highest BCUT2D eigenvalue weighted by Gasteiger charge is 2.23. The van der Waals surface area contributed by atoms with Crippen LogP contribution in [0.25, 0.3) is 0 Å². The van der Waals surface area contributed by atoms with Crippen molar-refractivity contribution in [1.82, 2.24) is 15.0 Å². The lowest BCUT2D eigenvalue weighted by atomic mass is 9.89. The van der Waals surface area contributed by atoms with E-state index >= 15 is 0 Å². The van der Waals surface area contributed by atoms with Gasteiger partial charge in [0.2, 0.25) is 11.2 Å². The Morgan fingerprint density at radius 2 is 1.90 bits per heavy atom. The molecule has 110 valence electrons. The summed E-state index contributed by atoms with van der Waals surface area (Å²) in [7, 11) is 0. The molecule has 20 heavy (non-hydrogen) atoms. The van der Waals surface area contributed by atoms with Crippen LogP contribution in [-0.4, -0.2) is 34.1 Å². The zero-order valence-corrected chi connectivity index (χ0v) is 12.6. The van der Waals surface area contributed by atoms with Gasteiger partial charge in [0.15, 0.2) is 0 Å². The second-order valence-corrected chi connectivity index (χ2v) is 6.23. The molecule has 1 aromatic heterocycles. The summed E-state index contributed by atoms with van der Waals surface area (Å²) in [6.07, 6.45) is 7.22. The van der Waals surface area contributed by atoms with Gasteiger partial charge in [-0.25, -0.2) is 0 Å². The molecule has 2 fully saturated rings. The maximum Gasteiger partial charge on any atom is 0.322 e. The lowest BCUT2D eigenvalue weighted by Crippen LogP contribution is -2.26. The zero-order valence-electron chi connectivity index (χ0n) is 11.9. The van der Waals surface area contributed by atoms with E-state index in [2.05, 4.69) is 26.8 Å². The standard InChI is InChI=1S/C14H21ClN4O/c1-10-5-4-6-11(9-10)20-14-17-12(15)16-13(18-14)19-7-2-3-8-19/h10-11H,2-9H2,1H3. The first-order chi connectivity index (χ1) is 9.70. The third kappa shape index (κ3) is 3.32. The van der Waals surface area contributed by atoms with Crippen molar-refractivity contribution in [1.29, 1.82) is 0 Å². The van der Waals surface area contributed by atoms with Crippen molar-refractivity contribution in [2.45, 2.75) is 51.6 Å². The second-order valence-electron chi connectivity index (χ2n) is 5.89. The number of anilines is 1. The predicted octanol–water partition coefficient (Wildman–Crippen LogP) is 3.08. The molecule has 0 amide bonds. The van der Waals surface area contributed by atoms with Gasteiger partial charge in [-0.2, -0.15) is 15.0 Å². The summed E-state index contributed by atoms with van der Waals surface area (Å²) in [5.74, 6) is 1.37. The van der Waals surface area contributed by atoms with Crippen LogP contribution in [0, 0.1) is 5.92 Å². The number of nitrogens with zero attached hydrogens (tertiary/aromatic N) is 4. The van der Waals surface area contributed by atoms with Gasteiger partial charge in [0.25, 0.3) is 0 Å². The van der Waals surface area contributed by atoms with Crippen LogP contribution in [0.2, 0.25) is 5.28 Å². The molecule has 1 aliphatic heterocycles. The average Bonchev–Trinajstić information content (AvgIpc) is 2.91. The maximum absolute atomic E-state index is 6.01. The van der Waals surface area contributed by atoms with Crippen LogP contribution in [0.3, 0.4) is 0 Å². The average molecular weight is 297 g/mol. The summed E-state index contributed by atoms with van der Waals surface area (Å²) in [6.45, 7) is 4.24. The molecule has 0 bridgehead atoms. The smallest absolute Gasteiger partial charge is 0.322 e. The number of halogens is 1. The first-order valence-electron chi connectivity index (χ1n) is 7.54. The van der Waals surface area contributed by atoms with Gasteiger partial charge in [-0.05, 0) is 49.6 Å². The second kappa shape index (κ2) is 6.12. The quantitative estimate of drug-likeness (QED) is 0.858. The van der Waals surface area contributed by atoms with Crippen molar-refractivity contribution >= 4 is 17.5 Å². The molecule has 2 unspecified atom stereocenters. The van der Waals surface area contributed by atoms with E-state index in [-0.39, 0.29) is 11.4 Å². The van der Waals surface area contributed by atoms with Crippen molar-refractivity contribution in [3.05, 3.63) is 5.28 Å². The summed E-state index contributed by atoms with van der Waals surface area (Å²) in [6, 6.07) is 0.381. The van der Waals surface area contributed by atoms with Gasteiger partial charge in [0, 0.05) is 13.1 Å². The summed E-state index contributed by atoms with van der Waals surface area (Å²) >= 11 is 6.01. The maximum atomic E-state index is 6.01. The first-order valence-corrected chi connectivity index (χ1v) is 7.91. The van der Waals surface area contributed by atoms with Crippen LogP contribution in [0.1, 0.15) is 45.4 Å². The Bertz CT molecular complexity index is 464. The van der Waals surface area contributed by atoms with E-state index in [9.17, 15) is 0 Å². The molecule has 1 aliphatic carbocycles. The fourth-order valence-corrected chi connectivity index (χ4v) is 3.22. The van der Waals surface area contributed by atoms with E-state index in [1.54, 1.807) is 0 Å². The highest BCUT2D eigenvalue weighted by Crippen LogP contribution is 2.27. The summed E-state index contributed by atoms with van der Waals surface area (Å²) in [5, 5.41) is 0.223. The molecule has 0 N–H and O–H groups in total. The molecule has 2 atom stereocenters. The molecular weight excluding hydrogens is 276 g/mol. The molecule has 2 heterocycles. The zero-order chi connectivity index (χ0) is 13.9. The van der Waals surface area contributed by atoms with E-state index < -0.39 is 0 Å². The molecule has 0 spiro atoms. The lowest BCUT2D eigenvalue weighted by molar-refractivity contribution is 0.118. The van der Waals surface area contributed by atoms with Crippen LogP contribution in [0.4, 0.5) is 5.95 Å². The van der Waals surface area contributed by atoms with Gasteiger partial charge in [-0.15, -0.1) is 0 Å². The molecule has 1 saturated heterocycles. The van der Waals surface area contributed by atoms with Crippen molar-refractivity contribution in [2.24, 2.45) is 5.92 Å². The summed E-state index contributed by atoms with van der Waals surface area (Å²) < 4.78 is 5.93. The SMILES string of the molecule is CC1CCCC(Oc2nc(Cl)nc(N3CCCC3)n2)C1. The Hall–Kier alpha value is -1.10. The fourth-order valence-electron chi connectivity index (χ4n) is 3.07. The monoisotopic (exact) mass is 296 g/mol. The third-order valence-electron chi connectivity index (χ3n) is 4.13. The van der Waals surface area contributed by atoms with Crippen molar-refractivity contribution in [3.8, 4) is 6.01 Å². The van der Waals surface area contributed by atoms with Crippen LogP contribution >= 0.6 is 11.6 Å². The molecule has 3 rings (SSSR count). The van der Waals surface area contributed by atoms with Crippen LogP contribution in [-0.2, 0) is 0 Å². The van der Waals surface area contributed by atoms with E-state index in [0.29, 0.717) is 17.9 Å². The van der Waals surface area contributed by atoms with Gasteiger partial charge in [0.1, 0.15) is 6.10 Å². The van der Waals surface area contributed by atoms with Crippen LogP contribution < -0.4 is 9.64 Å². The van der Waals surface area contributed by atoms with E-state index in [1.165, 1.54) is 25.7 Å². The predicted molar refractivity (Wildman–Crippen MR) is 78.3 cm³/mol. The van der Waals surface area contributed by atoms with Crippen LogP contribution in [0.15, 0.2) is 0 Å². The van der Waals surface area contributed by atoms with Crippen molar-refractivity contribution in [3.63, 3.8) is 0 Å². The van der Waals surface area contributed by atoms with Gasteiger partial charge in [0.05, 0.1) is 0 Å². The number of hydrogen-bond donors (Lipinski definition) is 0. The Balaban J connectivity index is 1.72. The van der Waals surface area contributed by atoms with Crippen molar-refractivity contribution in [2.75, 3.05) is 18.0 Å². The Morgan fingerprint density at radius 1 is 1.10 bits per heavy atom. The molecule has 5 nitrogen and oxygen atoms in total. The third-order valence-corrected chi connectivity index (χ3v) is 4.29. The summed E-state index contributed by atoms with van der Waals surface area (Å²) in [5.41, 5.74) is 0. The minimum Gasteiger partial charge on any atom is -0.460 e. The fraction of sp³-hybridized carbons (Fsp3) is 0.786. The molecule has 1 saturated carbocycles. The van der Waals surface area contributed by atoms with E-state index in [4.69, 9.17) is 16.3 Å². The van der Waals surface area contributed by atoms with Gasteiger partial charge < -0.3 is 9.64 Å². The Morgan fingerprint density at radius 3 is 2.65 bits per heavy atom. The molecular formula is C14H21ClN4O. The normalized spacial score (nSPS) is 26.8. The highest BCUT2D eigenvalue weighted by atomic mass is 35.5. The summed E-state index contributed by atoms with van der Waals surface area (Å²) in [4.78, 5) is 14.9.